The quantitative estimate of drug-likeness (QED) is 0.556. The number of carbonyl (C=O) groups is 2. The first kappa shape index (κ1) is 16.3. The molecule has 3 saturated carbocycles. The van der Waals surface area contributed by atoms with Crippen molar-refractivity contribution in [1.82, 2.24) is 0 Å². The molecule has 3 aliphatic rings. The van der Waals surface area contributed by atoms with Crippen molar-refractivity contribution in [2.75, 3.05) is 6.61 Å². The van der Waals surface area contributed by atoms with Crippen LogP contribution in [0.5, 0.6) is 0 Å². The average Bonchev–Trinajstić information content (AvgIpc) is 3.22. The van der Waals surface area contributed by atoms with E-state index < -0.39 is 5.97 Å². The second-order valence-corrected chi connectivity index (χ2v) is 7.45. The summed E-state index contributed by atoms with van der Waals surface area (Å²) in [5, 5.41) is 0. The molecular formula is C19H26O4. The Bertz CT molecular complexity index is 537. The Morgan fingerprint density at radius 2 is 2.13 bits per heavy atom. The van der Waals surface area contributed by atoms with Gasteiger partial charge in [-0.25, -0.2) is 9.59 Å². The van der Waals surface area contributed by atoms with Crippen LogP contribution < -0.4 is 0 Å². The molecule has 0 spiro atoms. The number of hydrogen-bond donors (Lipinski definition) is 0. The number of fused-ring (bicyclic) bond motifs is 5. The standard InChI is InChI=1S/C19H26O4/c1-4-17(20)22-11-16(23-18(21)12(2)3)19-9-8-13(10-19)14-6-5-7-15(14)19/h4,13-16H,1-2,5-11H2,3H3. The molecule has 23 heavy (non-hydrogen) atoms. The molecule has 3 fully saturated rings. The fourth-order valence-corrected chi connectivity index (χ4v) is 5.41. The first-order valence-electron chi connectivity index (χ1n) is 8.63. The van der Waals surface area contributed by atoms with Gasteiger partial charge in [0.2, 0.25) is 0 Å². The lowest BCUT2D eigenvalue weighted by Crippen LogP contribution is -2.44. The van der Waals surface area contributed by atoms with Gasteiger partial charge in [-0.2, -0.15) is 0 Å². The van der Waals surface area contributed by atoms with Gasteiger partial charge in [-0.15, -0.1) is 0 Å². The minimum Gasteiger partial charge on any atom is -0.459 e. The van der Waals surface area contributed by atoms with Gasteiger partial charge in [0, 0.05) is 17.1 Å². The predicted molar refractivity (Wildman–Crippen MR) is 86.5 cm³/mol. The molecule has 0 aromatic rings. The van der Waals surface area contributed by atoms with Crippen LogP contribution in [0.2, 0.25) is 0 Å². The van der Waals surface area contributed by atoms with Crippen molar-refractivity contribution in [2.24, 2.45) is 23.2 Å². The molecule has 0 radical (unpaired) electrons. The summed E-state index contributed by atoms with van der Waals surface area (Å²) in [4.78, 5) is 23.6. The Hall–Kier alpha value is -1.58. The highest BCUT2D eigenvalue weighted by Crippen LogP contribution is 2.67. The predicted octanol–water partition coefficient (Wildman–Crippen LogP) is 3.42. The van der Waals surface area contributed by atoms with Crippen molar-refractivity contribution in [2.45, 2.75) is 51.6 Å². The highest BCUT2D eigenvalue weighted by atomic mass is 16.6. The van der Waals surface area contributed by atoms with Gasteiger partial charge in [-0.05, 0) is 56.8 Å². The minimum absolute atomic E-state index is 0.0155. The maximum Gasteiger partial charge on any atom is 0.333 e. The number of ether oxygens (including phenoxy) is 2. The van der Waals surface area contributed by atoms with E-state index in [1.54, 1.807) is 6.92 Å². The van der Waals surface area contributed by atoms with E-state index in [0.29, 0.717) is 11.5 Å². The zero-order valence-corrected chi connectivity index (χ0v) is 13.9. The van der Waals surface area contributed by atoms with Crippen LogP contribution in [-0.2, 0) is 19.1 Å². The molecule has 0 aliphatic heterocycles. The molecule has 0 heterocycles. The molecule has 2 bridgehead atoms. The summed E-state index contributed by atoms with van der Waals surface area (Å²) >= 11 is 0. The zero-order chi connectivity index (χ0) is 16.6. The van der Waals surface area contributed by atoms with Crippen molar-refractivity contribution in [3.8, 4) is 0 Å². The SMILES string of the molecule is C=CC(=O)OCC(OC(=O)C(=C)C)C12CCC(C1)C1CCCC12. The molecule has 5 atom stereocenters. The molecule has 4 heteroatoms. The van der Waals surface area contributed by atoms with Crippen LogP contribution in [0.3, 0.4) is 0 Å². The second kappa shape index (κ2) is 6.14. The Labute approximate surface area is 137 Å². The Morgan fingerprint density at radius 1 is 1.35 bits per heavy atom. The van der Waals surface area contributed by atoms with Crippen molar-refractivity contribution < 1.29 is 19.1 Å². The van der Waals surface area contributed by atoms with Gasteiger partial charge in [0.15, 0.2) is 0 Å². The summed E-state index contributed by atoms with van der Waals surface area (Å²) in [6.45, 7) is 8.88. The smallest absolute Gasteiger partial charge is 0.333 e. The van der Waals surface area contributed by atoms with Crippen molar-refractivity contribution in [1.29, 1.82) is 0 Å². The fourth-order valence-electron chi connectivity index (χ4n) is 5.41. The first-order valence-corrected chi connectivity index (χ1v) is 8.63. The third-order valence-electron chi connectivity index (χ3n) is 6.32. The molecular weight excluding hydrogens is 292 g/mol. The van der Waals surface area contributed by atoms with Crippen LogP contribution in [0.4, 0.5) is 0 Å². The van der Waals surface area contributed by atoms with Gasteiger partial charge in [0.05, 0.1) is 0 Å². The highest BCUT2D eigenvalue weighted by Gasteiger charge is 2.62. The molecule has 126 valence electrons. The molecule has 0 aromatic heterocycles. The van der Waals surface area contributed by atoms with Crippen LogP contribution in [0.1, 0.15) is 45.4 Å². The van der Waals surface area contributed by atoms with Gasteiger partial charge in [-0.3, -0.25) is 0 Å². The van der Waals surface area contributed by atoms with Gasteiger partial charge >= 0.3 is 11.9 Å². The maximum absolute atomic E-state index is 12.1. The van der Waals surface area contributed by atoms with Crippen LogP contribution in [0.25, 0.3) is 0 Å². The minimum atomic E-state index is -0.465. The maximum atomic E-state index is 12.1. The summed E-state index contributed by atoms with van der Waals surface area (Å²) < 4.78 is 11.0. The van der Waals surface area contributed by atoms with E-state index in [2.05, 4.69) is 13.2 Å². The van der Waals surface area contributed by atoms with Crippen LogP contribution in [0, 0.1) is 23.2 Å². The number of esters is 2. The van der Waals surface area contributed by atoms with Crippen molar-refractivity contribution >= 4 is 11.9 Å². The number of carbonyl (C=O) groups excluding carboxylic acids is 2. The van der Waals surface area contributed by atoms with Crippen molar-refractivity contribution in [3.63, 3.8) is 0 Å². The second-order valence-electron chi connectivity index (χ2n) is 7.45. The van der Waals surface area contributed by atoms with E-state index in [9.17, 15) is 9.59 Å². The summed E-state index contributed by atoms with van der Waals surface area (Å²) in [6, 6.07) is 0. The summed E-state index contributed by atoms with van der Waals surface area (Å²) in [6.07, 6.45) is 7.93. The highest BCUT2D eigenvalue weighted by molar-refractivity contribution is 5.87. The van der Waals surface area contributed by atoms with Gasteiger partial charge in [0.1, 0.15) is 12.7 Å². The van der Waals surface area contributed by atoms with Gasteiger partial charge in [-0.1, -0.05) is 19.6 Å². The molecule has 0 N–H and O–H groups in total. The van der Waals surface area contributed by atoms with Gasteiger partial charge < -0.3 is 9.47 Å². The lowest BCUT2D eigenvalue weighted by atomic mass is 9.68. The molecule has 0 saturated heterocycles. The Balaban J connectivity index is 1.81. The third-order valence-corrected chi connectivity index (χ3v) is 6.32. The topological polar surface area (TPSA) is 52.6 Å². The van der Waals surface area contributed by atoms with Gasteiger partial charge in [0.25, 0.3) is 0 Å². The third kappa shape index (κ3) is 2.73. The van der Waals surface area contributed by atoms with E-state index in [-0.39, 0.29) is 24.1 Å². The lowest BCUT2D eigenvalue weighted by molar-refractivity contribution is -0.166. The largest absolute Gasteiger partial charge is 0.459 e. The molecule has 0 amide bonds. The molecule has 0 aromatic carbocycles. The summed E-state index contributed by atoms with van der Waals surface area (Å²) in [7, 11) is 0. The monoisotopic (exact) mass is 318 g/mol. The summed E-state index contributed by atoms with van der Waals surface area (Å²) in [5.41, 5.74) is 0.371. The summed E-state index contributed by atoms with van der Waals surface area (Å²) in [5.74, 6) is 1.28. The van der Waals surface area contributed by atoms with E-state index in [1.807, 2.05) is 0 Å². The number of hydrogen-bond acceptors (Lipinski definition) is 4. The van der Waals surface area contributed by atoms with E-state index in [1.165, 1.54) is 25.7 Å². The van der Waals surface area contributed by atoms with Crippen molar-refractivity contribution in [3.05, 3.63) is 24.8 Å². The fraction of sp³-hybridized carbons (Fsp3) is 0.684. The van der Waals surface area contributed by atoms with E-state index in [4.69, 9.17) is 9.47 Å². The first-order chi connectivity index (χ1) is 11.0. The lowest BCUT2D eigenvalue weighted by Gasteiger charge is -2.41. The molecule has 4 nitrogen and oxygen atoms in total. The van der Waals surface area contributed by atoms with Crippen LogP contribution in [0.15, 0.2) is 24.8 Å². The van der Waals surface area contributed by atoms with Crippen LogP contribution >= 0.6 is 0 Å². The molecule has 5 unspecified atom stereocenters. The van der Waals surface area contributed by atoms with E-state index >= 15 is 0 Å². The Morgan fingerprint density at radius 3 is 2.83 bits per heavy atom. The zero-order valence-electron chi connectivity index (χ0n) is 13.9. The van der Waals surface area contributed by atoms with Crippen LogP contribution in [-0.4, -0.2) is 24.6 Å². The molecule has 3 rings (SSSR count). The average molecular weight is 318 g/mol. The van der Waals surface area contributed by atoms with E-state index in [0.717, 1.165) is 30.8 Å². The Kier molecular flexibility index (Phi) is 4.35. The molecule has 3 aliphatic carbocycles. The number of rotatable bonds is 6. The normalized spacial score (nSPS) is 35.4.